The van der Waals surface area contributed by atoms with Gasteiger partial charge >= 0.3 is 0 Å². The second-order valence-corrected chi connectivity index (χ2v) is 5.78. The summed E-state index contributed by atoms with van der Waals surface area (Å²) < 4.78 is 0. The third-order valence-electron chi connectivity index (χ3n) is 3.14. The normalized spacial score (nSPS) is 12.0. The fraction of sp³-hybridized carbons (Fsp3) is 0.353. The molecule has 1 heterocycles. The lowest BCUT2D eigenvalue weighted by Gasteiger charge is -2.27. The highest BCUT2D eigenvalue weighted by molar-refractivity contribution is 5.91. The van der Waals surface area contributed by atoms with E-state index in [1.165, 1.54) is 6.08 Å². The first-order chi connectivity index (χ1) is 10.4. The number of hydrogen-bond acceptors (Lipinski definition) is 4. The monoisotopic (exact) mass is 299 g/mol. The maximum absolute atomic E-state index is 12.2. The maximum atomic E-state index is 12.2. The van der Waals surface area contributed by atoms with Crippen LogP contribution in [0.2, 0.25) is 0 Å². The van der Waals surface area contributed by atoms with Crippen LogP contribution in [0.15, 0.2) is 36.5 Å². The average Bonchev–Trinajstić information content (AvgIpc) is 2.49. The minimum atomic E-state index is -0.914. The van der Waals surface area contributed by atoms with E-state index in [-0.39, 0.29) is 12.5 Å². The van der Waals surface area contributed by atoms with Crippen molar-refractivity contribution in [2.45, 2.75) is 26.4 Å². The van der Waals surface area contributed by atoms with Gasteiger partial charge < -0.3 is 10.0 Å². The predicted octanol–water partition coefficient (Wildman–Crippen LogP) is 2.26. The Morgan fingerprint density at radius 3 is 2.64 bits per heavy atom. The highest BCUT2D eigenvalue weighted by atomic mass is 16.3. The Hall–Kier alpha value is -2.27. The van der Waals surface area contributed by atoms with E-state index < -0.39 is 5.60 Å². The molecule has 0 aliphatic heterocycles. The van der Waals surface area contributed by atoms with E-state index in [1.807, 2.05) is 31.2 Å². The Balaban J connectivity index is 2.13. The number of aromatic nitrogens is 2. The molecule has 2 rings (SSSR count). The van der Waals surface area contributed by atoms with Crippen LogP contribution in [0.4, 0.5) is 0 Å². The number of carbonyl (C=O) groups excluding carboxylic acids is 1. The van der Waals surface area contributed by atoms with E-state index in [0.717, 1.165) is 11.0 Å². The molecule has 0 saturated carbocycles. The third-order valence-corrected chi connectivity index (χ3v) is 3.14. The number of para-hydroxylation sites is 2. The van der Waals surface area contributed by atoms with Gasteiger partial charge in [-0.2, -0.15) is 0 Å². The zero-order valence-corrected chi connectivity index (χ0v) is 13.2. The highest BCUT2D eigenvalue weighted by Gasteiger charge is 2.19. The van der Waals surface area contributed by atoms with Gasteiger partial charge in [-0.3, -0.25) is 9.78 Å². The molecule has 5 heteroatoms. The number of benzene rings is 1. The molecule has 0 spiro atoms. The Labute approximate surface area is 130 Å². The summed E-state index contributed by atoms with van der Waals surface area (Å²) in [5.74, 6) is -0.153. The van der Waals surface area contributed by atoms with Crippen LogP contribution in [0.3, 0.4) is 0 Å². The van der Waals surface area contributed by atoms with E-state index >= 15 is 0 Å². The molecular weight excluding hydrogens is 278 g/mol. The molecule has 0 radical (unpaired) electrons. The van der Waals surface area contributed by atoms with Crippen LogP contribution >= 0.6 is 0 Å². The quantitative estimate of drug-likeness (QED) is 0.860. The minimum Gasteiger partial charge on any atom is -0.389 e. The van der Waals surface area contributed by atoms with Gasteiger partial charge in [0.15, 0.2) is 0 Å². The molecule has 22 heavy (non-hydrogen) atoms. The molecule has 0 aliphatic carbocycles. The zero-order chi connectivity index (χ0) is 16.2. The fourth-order valence-electron chi connectivity index (χ4n) is 2.13. The van der Waals surface area contributed by atoms with Crippen LogP contribution in [0, 0.1) is 0 Å². The molecule has 1 aromatic carbocycles. The summed E-state index contributed by atoms with van der Waals surface area (Å²) in [6.45, 7) is 6.07. The maximum Gasteiger partial charge on any atom is 0.246 e. The summed E-state index contributed by atoms with van der Waals surface area (Å²) >= 11 is 0. The van der Waals surface area contributed by atoms with Crippen molar-refractivity contribution in [1.29, 1.82) is 0 Å². The molecule has 0 bridgehead atoms. The van der Waals surface area contributed by atoms with Gasteiger partial charge in [0, 0.05) is 19.2 Å². The second kappa shape index (κ2) is 6.66. The van der Waals surface area contributed by atoms with E-state index in [1.54, 1.807) is 31.0 Å². The van der Waals surface area contributed by atoms with Crippen LogP contribution in [0.1, 0.15) is 26.5 Å². The topological polar surface area (TPSA) is 66.3 Å². The van der Waals surface area contributed by atoms with Gasteiger partial charge in [0.25, 0.3) is 0 Å². The lowest BCUT2D eigenvalue weighted by Crippen LogP contribution is -2.41. The molecule has 2 aromatic rings. The smallest absolute Gasteiger partial charge is 0.246 e. The summed E-state index contributed by atoms with van der Waals surface area (Å²) in [5.41, 5.74) is 1.33. The molecule has 0 fully saturated rings. The predicted molar refractivity (Wildman–Crippen MR) is 87.1 cm³/mol. The van der Waals surface area contributed by atoms with Crippen molar-refractivity contribution in [2.75, 3.05) is 13.1 Å². The van der Waals surface area contributed by atoms with Gasteiger partial charge in [0.2, 0.25) is 5.91 Å². The summed E-state index contributed by atoms with van der Waals surface area (Å²) in [6.07, 6.45) is 4.75. The van der Waals surface area contributed by atoms with E-state index in [2.05, 4.69) is 9.97 Å². The van der Waals surface area contributed by atoms with Gasteiger partial charge in [0.1, 0.15) is 0 Å². The highest BCUT2D eigenvalue weighted by Crippen LogP contribution is 2.10. The first kappa shape index (κ1) is 16.1. The Kier molecular flexibility index (Phi) is 4.88. The Morgan fingerprint density at radius 2 is 2.00 bits per heavy atom. The summed E-state index contributed by atoms with van der Waals surface area (Å²) in [4.78, 5) is 22.5. The second-order valence-electron chi connectivity index (χ2n) is 5.78. The van der Waals surface area contributed by atoms with Crippen molar-refractivity contribution in [3.05, 3.63) is 42.2 Å². The number of aliphatic hydroxyl groups is 1. The molecule has 5 nitrogen and oxygen atoms in total. The first-order valence-electron chi connectivity index (χ1n) is 7.30. The Morgan fingerprint density at radius 1 is 1.32 bits per heavy atom. The molecular formula is C17H21N3O2. The van der Waals surface area contributed by atoms with Crippen molar-refractivity contribution >= 4 is 23.0 Å². The molecule has 116 valence electrons. The minimum absolute atomic E-state index is 0.153. The number of amides is 1. The average molecular weight is 299 g/mol. The van der Waals surface area contributed by atoms with E-state index in [0.29, 0.717) is 12.2 Å². The standard InChI is InChI=1S/C17H21N3O2/c1-4-20(12-17(2,3)22)16(21)10-9-13-11-18-14-7-5-6-8-15(14)19-13/h5-11,22H,4,12H2,1-3H3. The zero-order valence-electron chi connectivity index (χ0n) is 13.2. The molecule has 1 N–H and O–H groups in total. The SMILES string of the molecule is CCN(CC(C)(C)O)C(=O)C=Cc1cnc2ccccc2n1. The van der Waals surface area contributed by atoms with Gasteiger partial charge in [-0.05, 0) is 39.0 Å². The number of hydrogen-bond donors (Lipinski definition) is 1. The first-order valence-corrected chi connectivity index (χ1v) is 7.30. The summed E-state index contributed by atoms with van der Waals surface area (Å²) in [5, 5.41) is 9.83. The van der Waals surface area contributed by atoms with Gasteiger partial charge in [0.05, 0.1) is 28.5 Å². The van der Waals surface area contributed by atoms with Gasteiger partial charge in [-0.15, -0.1) is 0 Å². The van der Waals surface area contributed by atoms with Crippen molar-refractivity contribution in [3.8, 4) is 0 Å². The molecule has 1 aromatic heterocycles. The van der Waals surface area contributed by atoms with Crippen molar-refractivity contribution in [1.82, 2.24) is 14.9 Å². The molecule has 0 unspecified atom stereocenters. The Bertz CT molecular complexity index is 690. The lowest BCUT2D eigenvalue weighted by molar-refractivity contribution is -0.128. The number of carbonyl (C=O) groups is 1. The van der Waals surface area contributed by atoms with Crippen molar-refractivity contribution < 1.29 is 9.90 Å². The summed E-state index contributed by atoms with van der Waals surface area (Å²) in [6, 6.07) is 7.58. The van der Waals surface area contributed by atoms with Gasteiger partial charge in [-0.1, -0.05) is 12.1 Å². The van der Waals surface area contributed by atoms with E-state index in [4.69, 9.17) is 0 Å². The van der Waals surface area contributed by atoms with Gasteiger partial charge in [-0.25, -0.2) is 4.98 Å². The largest absolute Gasteiger partial charge is 0.389 e. The third kappa shape index (κ3) is 4.36. The number of nitrogens with zero attached hydrogens (tertiary/aromatic N) is 3. The van der Waals surface area contributed by atoms with Crippen LogP contribution < -0.4 is 0 Å². The van der Waals surface area contributed by atoms with Crippen LogP contribution in [0.5, 0.6) is 0 Å². The molecule has 0 atom stereocenters. The number of likely N-dealkylation sites (N-methyl/N-ethyl adjacent to an activating group) is 1. The molecule has 0 aliphatic rings. The van der Waals surface area contributed by atoms with Crippen molar-refractivity contribution in [2.24, 2.45) is 0 Å². The van der Waals surface area contributed by atoms with E-state index in [9.17, 15) is 9.90 Å². The summed E-state index contributed by atoms with van der Waals surface area (Å²) in [7, 11) is 0. The fourth-order valence-corrected chi connectivity index (χ4v) is 2.13. The lowest BCUT2D eigenvalue weighted by atomic mass is 10.1. The van der Waals surface area contributed by atoms with Crippen LogP contribution in [-0.2, 0) is 4.79 Å². The van der Waals surface area contributed by atoms with Crippen LogP contribution in [-0.4, -0.2) is 44.6 Å². The van der Waals surface area contributed by atoms with Crippen LogP contribution in [0.25, 0.3) is 17.1 Å². The molecule has 0 saturated heterocycles. The number of rotatable bonds is 5. The number of fused-ring (bicyclic) bond motifs is 1. The van der Waals surface area contributed by atoms with Crippen molar-refractivity contribution in [3.63, 3.8) is 0 Å². The molecule has 1 amide bonds.